The van der Waals surface area contributed by atoms with Gasteiger partial charge in [0, 0.05) is 5.57 Å². The highest BCUT2D eigenvalue weighted by Gasteiger charge is 2.29. The number of nitrogens with zero attached hydrogens (tertiary/aromatic N) is 1. The molecule has 2 unspecified atom stereocenters. The molecule has 0 aliphatic carbocycles. The third-order valence-corrected chi connectivity index (χ3v) is 3.28. The second-order valence-corrected chi connectivity index (χ2v) is 6.89. The molecule has 0 radical (unpaired) electrons. The molecule has 1 N–H and O–H groups in total. The number of carbonyl (C=O) groups excluding carboxylic acids is 2. The number of rotatable bonds is 6. The highest BCUT2D eigenvalue weighted by molar-refractivity contribution is 7.70. The van der Waals surface area contributed by atoms with Crippen LogP contribution >= 0.6 is 8.15 Å². The first kappa shape index (κ1) is 16.2. The molecule has 5 nitrogen and oxygen atoms in total. The normalized spacial score (nSPS) is 14.9. The van der Waals surface area contributed by atoms with Gasteiger partial charge in [0.2, 0.25) is 5.52 Å². The number of hydrogen-bond acceptors (Lipinski definition) is 4. The number of ether oxygens (including phenoxy) is 1. The second-order valence-electron chi connectivity index (χ2n) is 4.97. The highest BCUT2D eigenvalue weighted by atomic mass is 31.1. The Labute approximate surface area is 103 Å². The van der Waals surface area contributed by atoms with Crippen molar-refractivity contribution in [3.63, 3.8) is 0 Å². The molecular formula is C11H21NO4P+. The Hall–Kier alpha value is -0.770. The van der Waals surface area contributed by atoms with Crippen molar-refractivity contribution in [1.29, 1.82) is 0 Å². The van der Waals surface area contributed by atoms with Crippen LogP contribution in [0, 0.1) is 0 Å². The van der Waals surface area contributed by atoms with Crippen molar-refractivity contribution in [2.45, 2.75) is 19.7 Å². The predicted molar refractivity (Wildman–Crippen MR) is 67.4 cm³/mol. The van der Waals surface area contributed by atoms with Crippen molar-refractivity contribution < 1.29 is 23.7 Å². The Bertz CT molecular complexity index is 322. The van der Waals surface area contributed by atoms with Gasteiger partial charge in [-0.3, -0.25) is 4.79 Å². The van der Waals surface area contributed by atoms with Gasteiger partial charge in [-0.15, -0.1) is 0 Å². The molecule has 6 heteroatoms. The van der Waals surface area contributed by atoms with Gasteiger partial charge in [0.15, 0.2) is 0 Å². The zero-order valence-electron chi connectivity index (χ0n) is 11.1. The maximum atomic E-state index is 11.7. The van der Waals surface area contributed by atoms with Crippen molar-refractivity contribution in [1.82, 2.24) is 0 Å². The number of likely N-dealkylation sites (N-methyl/N-ethyl adjacent to an activating group) is 1. The quantitative estimate of drug-likeness (QED) is 0.336. The summed E-state index contributed by atoms with van der Waals surface area (Å²) < 4.78 is 5.35. The average molecular weight is 262 g/mol. The monoisotopic (exact) mass is 262 g/mol. The second kappa shape index (κ2) is 6.24. The summed E-state index contributed by atoms with van der Waals surface area (Å²) in [5.74, 6) is -1.38. The third kappa shape index (κ3) is 6.51. The lowest BCUT2D eigenvalue weighted by atomic mass is 10.4. The van der Waals surface area contributed by atoms with E-state index in [4.69, 9.17) is 4.74 Å². The van der Waals surface area contributed by atoms with E-state index in [2.05, 4.69) is 6.58 Å². The van der Waals surface area contributed by atoms with Gasteiger partial charge in [0.1, 0.15) is 20.5 Å². The SMILES string of the molecule is C=C(C)C(=O)OC(C)P(O)C(=O)C[N+](C)(C)C. The highest BCUT2D eigenvalue weighted by Crippen LogP contribution is 2.38. The van der Waals surface area contributed by atoms with Gasteiger partial charge in [-0.05, 0) is 13.8 Å². The Kier molecular flexibility index (Phi) is 5.96. The first-order valence-electron chi connectivity index (χ1n) is 5.22. The van der Waals surface area contributed by atoms with Crippen LogP contribution in [0.25, 0.3) is 0 Å². The number of hydrogen-bond donors (Lipinski definition) is 1. The molecule has 0 aliphatic heterocycles. The molecule has 0 aromatic rings. The van der Waals surface area contributed by atoms with Gasteiger partial charge in [0.25, 0.3) is 0 Å². The van der Waals surface area contributed by atoms with Crippen LogP contribution in [0.4, 0.5) is 0 Å². The van der Waals surface area contributed by atoms with E-state index >= 15 is 0 Å². The van der Waals surface area contributed by atoms with Gasteiger partial charge in [0.05, 0.1) is 21.1 Å². The van der Waals surface area contributed by atoms with Crippen LogP contribution in [-0.2, 0) is 14.3 Å². The van der Waals surface area contributed by atoms with E-state index in [1.54, 1.807) is 0 Å². The fraction of sp³-hybridized carbons (Fsp3) is 0.636. The van der Waals surface area contributed by atoms with Crippen molar-refractivity contribution in [3.05, 3.63) is 12.2 Å². The van der Waals surface area contributed by atoms with Crippen LogP contribution in [0.5, 0.6) is 0 Å². The summed E-state index contributed by atoms with van der Waals surface area (Å²) in [5.41, 5.74) is -0.0335. The molecule has 0 rings (SSSR count). The molecule has 0 aromatic carbocycles. The first-order chi connectivity index (χ1) is 7.54. The van der Waals surface area contributed by atoms with Crippen LogP contribution in [0.15, 0.2) is 12.2 Å². The molecule has 2 atom stereocenters. The first-order valence-corrected chi connectivity index (χ1v) is 6.59. The van der Waals surface area contributed by atoms with E-state index in [9.17, 15) is 14.5 Å². The summed E-state index contributed by atoms with van der Waals surface area (Å²) in [5, 5.41) is 0. The number of esters is 1. The molecule has 0 bridgehead atoms. The molecule has 0 saturated carbocycles. The minimum absolute atomic E-state index is 0.206. The fourth-order valence-corrected chi connectivity index (χ4v) is 2.16. The van der Waals surface area contributed by atoms with E-state index in [1.807, 2.05) is 21.1 Å². The molecule has 0 spiro atoms. The summed E-state index contributed by atoms with van der Waals surface area (Å²) in [4.78, 5) is 32.7. The van der Waals surface area contributed by atoms with E-state index < -0.39 is 20.0 Å². The van der Waals surface area contributed by atoms with Crippen molar-refractivity contribution >= 4 is 19.6 Å². The molecule has 0 saturated heterocycles. The molecule has 0 heterocycles. The van der Waals surface area contributed by atoms with Gasteiger partial charge >= 0.3 is 5.97 Å². The molecule has 0 aromatic heterocycles. The standard InChI is InChI=1S/C11H21NO4P/c1-8(2)11(14)16-9(3)17(15)10(13)7-12(4,5)6/h9,15H,1,7H2,2-6H3/q+1. The molecule has 0 amide bonds. The maximum absolute atomic E-state index is 11.7. The van der Waals surface area contributed by atoms with Crippen molar-refractivity contribution in [3.8, 4) is 0 Å². The lowest BCUT2D eigenvalue weighted by Gasteiger charge is -2.25. The summed E-state index contributed by atoms with van der Waals surface area (Å²) in [6.07, 6.45) is 0. The lowest BCUT2D eigenvalue weighted by molar-refractivity contribution is -0.861. The smallest absolute Gasteiger partial charge is 0.333 e. The summed E-state index contributed by atoms with van der Waals surface area (Å²) in [6.45, 7) is 6.67. The Morgan fingerprint density at radius 2 is 1.88 bits per heavy atom. The van der Waals surface area contributed by atoms with Crippen LogP contribution < -0.4 is 0 Å². The van der Waals surface area contributed by atoms with Crippen LogP contribution in [0.3, 0.4) is 0 Å². The fourth-order valence-electron chi connectivity index (χ4n) is 0.986. The topological polar surface area (TPSA) is 63.6 Å². The van der Waals surface area contributed by atoms with E-state index in [0.717, 1.165) is 0 Å². The largest absolute Gasteiger partial charge is 0.452 e. The Morgan fingerprint density at radius 1 is 1.41 bits per heavy atom. The molecule has 17 heavy (non-hydrogen) atoms. The summed E-state index contributed by atoms with van der Waals surface area (Å²) in [7, 11) is 3.60. The molecule has 98 valence electrons. The summed E-state index contributed by atoms with van der Waals surface area (Å²) >= 11 is 0. The number of carbonyl (C=O) groups is 2. The molecule has 0 aliphatic rings. The zero-order valence-corrected chi connectivity index (χ0v) is 12.0. The van der Waals surface area contributed by atoms with Crippen LogP contribution in [0.1, 0.15) is 13.8 Å². The lowest BCUT2D eigenvalue weighted by Crippen LogP contribution is -2.39. The van der Waals surface area contributed by atoms with Crippen molar-refractivity contribution in [2.24, 2.45) is 0 Å². The van der Waals surface area contributed by atoms with Gasteiger partial charge in [-0.25, -0.2) is 4.79 Å². The van der Waals surface area contributed by atoms with E-state index in [1.165, 1.54) is 13.8 Å². The minimum atomic E-state index is -1.96. The van der Waals surface area contributed by atoms with Gasteiger partial charge in [-0.1, -0.05) is 6.58 Å². The summed E-state index contributed by atoms with van der Waals surface area (Å²) in [6, 6.07) is 0. The number of quaternary nitrogens is 1. The average Bonchev–Trinajstić information content (AvgIpc) is 2.13. The third-order valence-electron chi connectivity index (χ3n) is 1.84. The minimum Gasteiger partial charge on any atom is -0.452 e. The van der Waals surface area contributed by atoms with E-state index in [-0.39, 0.29) is 17.6 Å². The van der Waals surface area contributed by atoms with Crippen LogP contribution in [-0.4, -0.2) is 54.4 Å². The zero-order chi connectivity index (χ0) is 13.8. The van der Waals surface area contributed by atoms with Gasteiger partial charge in [-0.2, -0.15) is 0 Å². The maximum Gasteiger partial charge on any atom is 0.333 e. The Balaban J connectivity index is 4.40. The van der Waals surface area contributed by atoms with Crippen molar-refractivity contribution in [2.75, 3.05) is 27.7 Å². The Morgan fingerprint density at radius 3 is 2.24 bits per heavy atom. The van der Waals surface area contributed by atoms with Gasteiger partial charge < -0.3 is 14.1 Å². The van der Waals surface area contributed by atoms with Crippen LogP contribution in [0.2, 0.25) is 0 Å². The van der Waals surface area contributed by atoms with E-state index in [0.29, 0.717) is 4.48 Å². The molecule has 0 fully saturated rings. The predicted octanol–water partition coefficient (Wildman–Crippen LogP) is 1.07. The molecular weight excluding hydrogens is 241 g/mol.